The lowest BCUT2D eigenvalue weighted by atomic mass is 9.99. The molecule has 1 unspecified atom stereocenters. The first kappa shape index (κ1) is 20.7. The Bertz CT molecular complexity index is 1100. The van der Waals surface area contributed by atoms with E-state index in [1.165, 1.54) is 23.1 Å². The van der Waals surface area contributed by atoms with Gasteiger partial charge in [0.25, 0.3) is 5.91 Å². The molecule has 0 bridgehead atoms. The molecule has 5 nitrogen and oxygen atoms in total. The van der Waals surface area contributed by atoms with E-state index in [0.29, 0.717) is 11.5 Å². The number of nitrogens with zero attached hydrogens (tertiary/aromatic N) is 3. The van der Waals surface area contributed by atoms with Crippen LogP contribution in [-0.2, 0) is 13.0 Å². The van der Waals surface area contributed by atoms with E-state index >= 15 is 0 Å². The van der Waals surface area contributed by atoms with Crippen LogP contribution in [0.2, 0.25) is 0 Å². The van der Waals surface area contributed by atoms with Gasteiger partial charge in [0, 0.05) is 37.4 Å². The Hall–Kier alpha value is -3.18. The Balaban J connectivity index is 1.34. The first-order valence-corrected chi connectivity index (χ1v) is 11.5. The molecule has 1 atom stereocenters. The molecule has 3 aromatic rings. The minimum atomic E-state index is -0.0989. The summed E-state index contributed by atoms with van der Waals surface area (Å²) in [5, 5.41) is 3.13. The summed E-state index contributed by atoms with van der Waals surface area (Å²) in [7, 11) is 2.15. The summed E-state index contributed by atoms with van der Waals surface area (Å²) in [4.78, 5) is 22.4. The third-order valence-corrected chi connectivity index (χ3v) is 6.68. The van der Waals surface area contributed by atoms with Crippen LogP contribution in [0.4, 0.5) is 11.5 Å². The molecule has 1 saturated heterocycles. The molecule has 1 amide bonds. The monoisotopic (exact) mass is 426 g/mol. The fourth-order valence-corrected chi connectivity index (χ4v) is 4.98. The number of hydrogen-bond acceptors (Lipinski definition) is 4. The second-order valence-corrected chi connectivity index (χ2v) is 9.00. The van der Waals surface area contributed by atoms with Crippen molar-refractivity contribution < 1.29 is 4.79 Å². The molecule has 0 aliphatic carbocycles. The van der Waals surface area contributed by atoms with Crippen LogP contribution in [0.15, 0.2) is 66.9 Å². The number of carbonyl (C=O) groups excluding carboxylic acids is 1. The Kier molecular flexibility index (Phi) is 5.91. The van der Waals surface area contributed by atoms with E-state index in [1.807, 2.05) is 18.2 Å². The van der Waals surface area contributed by atoms with Gasteiger partial charge in [0.1, 0.15) is 5.82 Å². The van der Waals surface area contributed by atoms with Crippen LogP contribution >= 0.6 is 0 Å². The van der Waals surface area contributed by atoms with Crippen molar-refractivity contribution in [2.75, 3.05) is 36.9 Å². The molecule has 2 aromatic carbocycles. The highest BCUT2D eigenvalue weighted by molar-refractivity contribution is 6.07. The largest absolute Gasteiger partial charge is 0.355 e. The van der Waals surface area contributed by atoms with Crippen LogP contribution < -0.4 is 10.2 Å². The lowest BCUT2D eigenvalue weighted by Gasteiger charge is -2.21. The van der Waals surface area contributed by atoms with Crippen LogP contribution in [0.25, 0.3) is 0 Å². The zero-order chi connectivity index (χ0) is 21.9. The van der Waals surface area contributed by atoms with E-state index in [9.17, 15) is 4.79 Å². The topological polar surface area (TPSA) is 48.5 Å². The molecule has 3 heterocycles. The van der Waals surface area contributed by atoms with Crippen molar-refractivity contribution >= 4 is 17.4 Å². The molecule has 5 heteroatoms. The van der Waals surface area contributed by atoms with Crippen molar-refractivity contribution in [3.8, 4) is 0 Å². The van der Waals surface area contributed by atoms with Crippen LogP contribution in [-0.4, -0.2) is 42.5 Å². The van der Waals surface area contributed by atoms with Gasteiger partial charge in [-0.3, -0.25) is 4.79 Å². The van der Waals surface area contributed by atoms with Gasteiger partial charge in [-0.2, -0.15) is 0 Å². The number of fused-ring (bicyclic) bond motifs is 1. The first-order chi connectivity index (χ1) is 15.7. The number of hydrogen-bond donors (Lipinski definition) is 1. The second kappa shape index (κ2) is 9.13. The fourth-order valence-electron chi connectivity index (χ4n) is 4.98. The number of aromatic nitrogens is 1. The maximum absolute atomic E-state index is 13.3. The molecular weight excluding hydrogens is 396 g/mol. The average molecular weight is 427 g/mol. The summed E-state index contributed by atoms with van der Waals surface area (Å²) in [6.07, 6.45) is 5.12. The van der Waals surface area contributed by atoms with E-state index in [1.54, 1.807) is 6.20 Å². The maximum atomic E-state index is 13.3. The number of benzene rings is 2. The normalized spacial score (nSPS) is 18.8. The van der Waals surface area contributed by atoms with Crippen molar-refractivity contribution in [3.05, 3.63) is 89.1 Å². The predicted molar refractivity (Wildman–Crippen MR) is 129 cm³/mol. The molecule has 0 spiro atoms. The van der Waals surface area contributed by atoms with Crippen molar-refractivity contribution in [2.24, 2.45) is 0 Å². The Morgan fingerprint density at radius 2 is 1.91 bits per heavy atom. The highest BCUT2D eigenvalue weighted by atomic mass is 16.1. The highest BCUT2D eigenvalue weighted by Crippen LogP contribution is 2.31. The molecule has 164 valence electrons. The molecule has 32 heavy (non-hydrogen) atoms. The third-order valence-electron chi connectivity index (χ3n) is 6.68. The van der Waals surface area contributed by atoms with Gasteiger partial charge in [-0.25, -0.2) is 4.98 Å². The van der Waals surface area contributed by atoms with E-state index in [2.05, 4.69) is 69.6 Å². The minimum absolute atomic E-state index is 0.0989. The number of rotatable bonds is 4. The molecule has 1 N–H and O–H groups in total. The maximum Gasteiger partial charge on any atom is 0.259 e. The molecule has 0 saturated carbocycles. The van der Waals surface area contributed by atoms with Crippen LogP contribution in [0.1, 0.15) is 45.8 Å². The average Bonchev–Trinajstić information content (AvgIpc) is 3.23. The number of amides is 1. The summed E-state index contributed by atoms with van der Waals surface area (Å²) in [5.41, 5.74) is 5.53. The molecule has 1 aromatic heterocycles. The smallest absolute Gasteiger partial charge is 0.259 e. The van der Waals surface area contributed by atoms with Crippen LogP contribution in [0, 0.1) is 0 Å². The first-order valence-electron chi connectivity index (χ1n) is 11.5. The Morgan fingerprint density at radius 3 is 2.78 bits per heavy atom. The van der Waals surface area contributed by atoms with E-state index in [4.69, 9.17) is 0 Å². The lowest BCUT2D eigenvalue weighted by molar-refractivity contribution is 0.102. The molecule has 0 radical (unpaired) electrons. The minimum Gasteiger partial charge on any atom is -0.355 e. The SMILES string of the molecule is CN1CCCc2ccc(NC(=O)c3cccnc3N3CCC(c4ccccc4)C3)cc2C1. The van der Waals surface area contributed by atoms with Crippen molar-refractivity contribution in [2.45, 2.75) is 31.7 Å². The fraction of sp³-hybridized carbons (Fsp3) is 0.333. The van der Waals surface area contributed by atoms with Gasteiger partial charge >= 0.3 is 0 Å². The lowest BCUT2D eigenvalue weighted by Crippen LogP contribution is -2.25. The molecule has 2 aliphatic heterocycles. The van der Waals surface area contributed by atoms with Crippen molar-refractivity contribution in [3.63, 3.8) is 0 Å². The standard InChI is InChI=1S/C27H30N4O/c1-30-15-6-9-21-11-12-24(17-23(21)18-30)29-27(32)25-10-5-14-28-26(25)31-16-13-22(19-31)20-7-3-2-4-8-20/h2-5,7-8,10-12,14,17,22H,6,9,13,15-16,18-19H2,1H3,(H,29,32). The van der Waals surface area contributed by atoms with E-state index in [0.717, 1.165) is 50.5 Å². The number of anilines is 2. The van der Waals surface area contributed by atoms with Gasteiger partial charge in [-0.15, -0.1) is 0 Å². The summed E-state index contributed by atoms with van der Waals surface area (Å²) in [5.74, 6) is 1.15. The zero-order valence-corrected chi connectivity index (χ0v) is 18.6. The second-order valence-electron chi connectivity index (χ2n) is 9.00. The molecule has 5 rings (SSSR count). The van der Waals surface area contributed by atoms with Gasteiger partial charge < -0.3 is 15.1 Å². The highest BCUT2D eigenvalue weighted by Gasteiger charge is 2.27. The van der Waals surface area contributed by atoms with E-state index < -0.39 is 0 Å². The van der Waals surface area contributed by atoms with Gasteiger partial charge in [-0.05, 0) is 73.8 Å². The molecule has 1 fully saturated rings. The number of carbonyl (C=O) groups is 1. The number of pyridine rings is 1. The molecule has 2 aliphatic rings. The summed E-state index contributed by atoms with van der Waals surface area (Å²) < 4.78 is 0. The molecular formula is C27H30N4O. The number of nitrogens with one attached hydrogen (secondary N) is 1. The van der Waals surface area contributed by atoms with Crippen LogP contribution in [0.5, 0.6) is 0 Å². The van der Waals surface area contributed by atoms with Gasteiger partial charge in [0.05, 0.1) is 5.56 Å². The number of aryl methyl sites for hydroxylation is 1. The van der Waals surface area contributed by atoms with Crippen molar-refractivity contribution in [1.29, 1.82) is 0 Å². The van der Waals surface area contributed by atoms with Gasteiger partial charge in [0.15, 0.2) is 0 Å². The summed E-state index contributed by atoms with van der Waals surface area (Å²) in [6.45, 7) is 3.82. The summed E-state index contributed by atoms with van der Waals surface area (Å²) >= 11 is 0. The van der Waals surface area contributed by atoms with Gasteiger partial charge in [-0.1, -0.05) is 36.4 Å². The van der Waals surface area contributed by atoms with Gasteiger partial charge in [0.2, 0.25) is 0 Å². The third kappa shape index (κ3) is 4.39. The summed E-state index contributed by atoms with van der Waals surface area (Å²) in [6, 6.07) is 20.7. The quantitative estimate of drug-likeness (QED) is 0.657. The van der Waals surface area contributed by atoms with Crippen LogP contribution in [0.3, 0.4) is 0 Å². The van der Waals surface area contributed by atoms with Crippen molar-refractivity contribution in [1.82, 2.24) is 9.88 Å². The Morgan fingerprint density at radius 1 is 1.03 bits per heavy atom. The van der Waals surface area contributed by atoms with E-state index in [-0.39, 0.29) is 5.91 Å². The predicted octanol–water partition coefficient (Wildman–Crippen LogP) is 4.71. The Labute approximate surface area is 190 Å². The zero-order valence-electron chi connectivity index (χ0n) is 18.6.